The maximum Gasteiger partial charge on any atom is 0.258 e. The van der Waals surface area contributed by atoms with Crippen molar-refractivity contribution in [3.63, 3.8) is 0 Å². The molecule has 1 heterocycles. The molecule has 0 aliphatic rings. The zero-order valence-electron chi connectivity index (χ0n) is 16.5. The molecule has 1 N–H and O–H groups in total. The normalized spacial score (nSPS) is 10.3. The Labute approximate surface area is 174 Å². The van der Waals surface area contributed by atoms with Gasteiger partial charge in [-0.3, -0.25) is 4.79 Å². The summed E-state index contributed by atoms with van der Waals surface area (Å²) in [5.74, 6) is 0.215. The molecule has 5 nitrogen and oxygen atoms in total. The topological polar surface area (TPSA) is 75.0 Å². The summed E-state index contributed by atoms with van der Waals surface area (Å²) in [6, 6.07) is 16.7. The van der Waals surface area contributed by atoms with Gasteiger partial charge in [-0.1, -0.05) is 17.8 Å². The molecule has 1 aromatic heterocycles. The van der Waals surface area contributed by atoms with Crippen LogP contribution in [0, 0.1) is 25.2 Å². The number of nitriles is 1. The fourth-order valence-corrected chi connectivity index (χ4v) is 3.68. The van der Waals surface area contributed by atoms with Crippen LogP contribution >= 0.6 is 11.8 Å². The van der Waals surface area contributed by atoms with Crippen molar-refractivity contribution in [3.8, 4) is 11.8 Å². The van der Waals surface area contributed by atoms with Crippen LogP contribution < -0.4 is 10.1 Å². The molecular weight excluding hydrogens is 382 g/mol. The monoisotopic (exact) mass is 403 g/mol. The van der Waals surface area contributed by atoms with Crippen molar-refractivity contribution in [2.24, 2.45) is 0 Å². The molecule has 0 unspecified atom stereocenters. The van der Waals surface area contributed by atoms with Gasteiger partial charge in [-0.05, 0) is 74.4 Å². The first kappa shape index (κ1) is 20.4. The van der Waals surface area contributed by atoms with E-state index in [1.807, 2.05) is 13.0 Å². The van der Waals surface area contributed by atoms with E-state index in [-0.39, 0.29) is 5.91 Å². The summed E-state index contributed by atoms with van der Waals surface area (Å²) >= 11 is 1.44. The number of rotatable bonds is 6. The average Bonchev–Trinajstić information content (AvgIpc) is 2.72. The minimum atomic E-state index is -0.305. The van der Waals surface area contributed by atoms with Gasteiger partial charge in [0.05, 0.1) is 29.5 Å². The number of nitrogens with one attached hydrogen (secondary N) is 1. The molecule has 0 saturated carbocycles. The van der Waals surface area contributed by atoms with E-state index in [4.69, 9.17) is 10.00 Å². The number of amides is 1. The van der Waals surface area contributed by atoms with Crippen LogP contribution in [-0.4, -0.2) is 17.5 Å². The summed E-state index contributed by atoms with van der Waals surface area (Å²) in [7, 11) is 0. The van der Waals surface area contributed by atoms with Crippen molar-refractivity contribution in [2.45, 2.75) is 30.7 Å². The molecule has 3 rings (SSSR count). The highest BCUT2D eigenvalue weighted by molar-refractivity contribution is 7.99. The highest BCUT2D eigenvalue weighted by atomic mass is 32.2. The number of carbonyl (C=O) groups excluding carboxylic acids is 1. The number of anilines is 1. The van der Waals surface area contributed by atoms with Crippen molar-refractivity contribution in [2.75, 3.05) is 11.9 Å². The predicted molar refractivity (Wildman–Crippen MR) is 115 cm³/mol. The number of nitrogens with zero attached hydrogens (tertiary/aromatic N) is 2. The first-order chi connectivity index (χ1) is 14.0. The number of ether oxygens (including phenoxy) is 1. The summed E-state index contributed by atoms with van der Waals surface area (Å²) in [5, 5.41) is 12.6. The van der Waals surface area contributed by atoms with Gasteiger partial charge in [0.15, 0.2) is 0 Å². The number of aryl methyl sites for hydroxylation is 2. The average molecular weight is 404 g/mol. The fraction of sp³-hybridized carbons (Fsp3) is 0.174. The quantitative estimate of drug-likeness (QED) is 0.599. The molecule has 0 aliphatic heterocycles. The van der Waals surface area contributed by atoms with E-state index in [9.17, 15) is 4.79 Å². The van der Waals surface area contributed by atoms with Gasteiger partial charge in [-0.15, -0.1) is 0 Å². The Bertz CT molecular complexity index is 1090. The van der Waals surface area contributed by atoms with Crippen LogP contribution in [0.4, 0.5) is 5.69 Å². The maximum absolute atomic E-state index is 13.0. The highest BCUT2D eigenvalue weighted by Gasteiger charge is 2.16. The highest BCUT2D eigenvalue weighted by Crippen LogP contribution is 2.31. The van der Waals surface area contributed by atoms with Crippen LogP contribution in [0.15, 0.2) is 64.6 Å². The van der Waals surface area contributed by atoms with E-state index in [0.29, 0.717) is 34.2 Å². The van der Waals surface area contributed by atoms with Crippen molar-refractivity contribution in [1.82, 2.24) is 4.98 Å². The van der Waals surface area contributed by atoms with Gasteiger partial charge in [0.25, 0.3) is 5.91 Å². The largest absolute Gasteiger partial charge is 0.492 e. The number of hydrogen-bond acceptors (Lipinski definition) is 5. The lowest BCUT2D eigenvalue weighted by molar-refractivity contribution is 0.102. The smallest absolute Gasteiger partial charge is 0.258 e. The van der Waals surface area contributed by atoms with E-state index in [1.54, 1.807) is 36.5 Å². The van der Waals surface area contributed by atoms with E-state index in [1.165, 1.54) is 22.9 Å². The molecule has 0 aliphatic carbocycles. The summed E-state index contributed by atoms with van der Waals surface area (Å²) in [4.78, 5) is 18.4. The second-order valence-corrected chi connectivity index (χ2v) is 7.48. The summed E-state index contributed by atoms with van der Waals surface area (Å²) in [6.45, 7) is 6.44. The molecule has 0 spiro atoms. The molecule has 146 valence electrons. The SMILES string of the molecule is CCOc1ccc(C#N)cc1NC(=O)c1cccnc1Sc1ccc(C)c(C)c1. The first-order valence-electron chi connectivity index (χ1n) is 9.20. The molecule has 0 atom stereocenters. The molecule has 0 saturated heterocycles. The van der Waals surface area contributed by atoms with Crippen molar-refractivity contribution in [3.05, 3.63) is 77.0 Å². The molecule has 2 aromatic carbocycles. The lowest BCUT2D eigenvalue weighted by atomic mass is 10.1. The number of aromatic nitrogens is 1. The standard InChI is InChI=1S/C23H21N3O2S/c1-4-28-21-10-8-17(14-24)13-20(21)26-22(27)19-6-5-11-25-23(19)29-18-9-7-15(2)16(3)12-18/h5-13H,4H2,1-3H3,(H,26,27). The molecular formula is C23H21N3O2S. The lowest BCUT2D eigenvalue weighted by Gasteiger charge is -2.13. The third-order valence-corrected chi connectivity index (χ3v) is 5.37. The molecule has 0 fully saturated rings. The Kier molecular flexibility index (Phi) is 6.53. The van der Waals surface area contributed by atoms with Crippen molar-refractivity contribution >= 4 is 23.4 Å². The minimum Gasteiger partial charge on any atom is -0.492 e. The maximum atomic E-state index is 13.0. The van der Waals surface area contributed by atoms with Crippen molar-refractivity contribution in [1.29, 1.82) is 5.26 Å². The fourth-order valence-electron chi connectivity index (χ4n) is 2.70. The summed E-state index contributed by atoms with van der Waals surface area (Å²) < 4.78 is 5.58. The van der Waals surface area contributed by atoms with Crippen LogP contribution in [0.5, 0.6) is 5.75 Å². The summed E-state index contributed by atoms with van der Waals surface area (Å²) in [5.41, 5.74) is 3.77. The number of carbonyl (C=O) groups is 1. The van der Waals surface area contributed by atoms with Gasteiger partial charge in [0.2, 0.25) is 0 Å². The van der Waals surface area contributed by atoms with E-state index in [0.717, 1.165) is 4.90 Å². The Morgan fingerprint density at radius 2 is 2.00 bits per heavy atom. The number of hydrogen-bond donors (Lipinski definition) is 1. The van der Waals surface area contributed by atoms with Gasteiger partial charge < -0.3 is 10.1 Å². The second-order valence-electron chi connectivity index (χ2n) is 6.41. The second kappa shape index (κ2) is 9.26. The molecule has 6 heteroatoms. The zero-order valence-corrected chi connectivity index (χ0v) is 17.3. The molecule has 0 bridgehead atoms. The third-order valence-electron chi connectivity index (χ3n) is 4.37. The lowest BCUT2D eigenvalue weighted by Crippen LogP contribution is -2.14. The first-order valence-corrected chi connectivity index (χ1v) is 10.0. The van der Waals surface area contributed by atoms with Crippen LogP contribution in [0.3, 0.4) is 0 Å². The van der Waals surface area contributed by atoms with Crippen LogP contribution in [0.2, 0.25) is 0 Å². The number of benzene rings is 2. The van der Waals surface area contributed by atoms with Crippen LogP contribution in [-0.2, 0) is 0 Å². The van der Waals surface area contributed by atoms with E-state index < -0.39 is 0 Å². The number of pyridine rings is 1. The van der Waals surface area contributed by atoms with Gasteiger partial charge in [0, 0.05) is 11.1 Å². The predicted octanol–water partition coefficient (Wildman–Crippen LogP) is 5.37. The van der Waals surface area contributed by atoms with Gasteiger partial charge in [-0.25, -0.2) is 4.98 Å². The molecule has 29 heavy (non-hydrogen) atoms. The zero-order chi connectivity index (χ0) is 20.8. The third kappa shape index (κ3) is 4.95. The molecule has 0 radical (unpaired) electrons. The molecule has 1 amide bonds. The Hall–Kier alpha value is -3.30. The van der Waals surface area contributed by atoms with Crippen LogP contribution in [0.25, 0.3) is 0 Å². The van der Waals surface area contributed by atoms with Gasteiger partial charge in [0.1, 0.15) is 10.8 Å². The Morgan fingerprint density at radius 3 is 2.72 bits per heavy atom. The Balaban J connectivity index is 1.89. The van der Waals surface area contributed by atoms with Crippen molar-refractivity contribution < 1.29 is 9.53 Å². The Morgan fingerprint density at radius 1 is 1.17 bits per heavy atom. The minimum absolute atomic E-state index is 0.305. The van der Waals surface area contributed by atoms with Crippen LogP contribution in [0.1, 0.15) is 34.0 Å². The van der Waals surface area contributed by atoms with Gasteiger partial charge >= 0.3 is 0 Å². The van der Waals surface area contributed by atoms with E-state index >= 15 is 0 Å². The summed E-state index contributed by atoms with van der Waals surface area (Å²) in [6.07, 6.45) is 1.67. The van der Waals surface area contributed by atoms with E-state index in [2.05, 4.69) is 42.4 Å². The van der Waals surface area contributed by atoms with Gasteiger partial charge in [-0.2, -0.15) is 5.26 Å². The molecule has 3 aromatic rings.